The summed E-state index contributed by atoms with van der Waals surface area (Å²) >= 11 is 0. The summed E-state index contributed by atoms with van der Waals surface area (Å²) < 4.78 is 0. The Kier molecular flexibility index (Phi) is 10.6. The van der Waals surface area contributed by atoms with Crippen LogP contribution < -0.4 is 0 Å². The molecule has 0 amide bonds. The molecular weight excluding hydrogens is 292 g/mol. The Morgan fingerprint density at radius 1 is 0.708 bits per heavy atom. The highest BCUT2D eigenvalue weighted by molar-refractivity contribution is 5.53. The molecule has 0 bridgehead atoms. The quantitative estimate of drug-likeness (QED) is 0.414. The minimum absolute atomic E-state index is 0.538. The van der Waals surface area contributed by atoms with Gasteiger partial charge in [0.15, 0.2) is 0 Å². The minimum Gasteiger partial charge on any atom is -0.192 e. The van der Waals surface area contributed by atoms with Crippen molar-refractivity contribution in [3.05, 3.63) is 34.4 Å². The van der Waals surface area contributed by atoms with E-state index in [4.69, 9.17) is 0 Å². The highest BCUT2D eigenvalue weighted by atomic mass is 14.3. The Morgan fingerprint density at radius 2 is 1.29 bits per heavy atom. The van der Waals surface area contributed by atoms with Crippen LogP contribution in [0, 0.1) is 22.7 Å². The number of benzene rings is 1. The average Bonchev–Trinajstić information content (AvgIpc) is 2.61. The molecule has 0 unspecified atom stereocenters. The van der Waals surface area contributed by atoms with Crippen LogP contribution in [0.2, 0.25) is 0 Å². The molecule has 0 N–H and O–H groups in total. The van der Waals surface area contributed by atoms with E-state index in [9.17, 15) is 10.5 Å². The molecule has 0 radical (unpaired) electrons. The van der Waals surface area contributed by atoms with Gasteiger partial charge >= 0.3 is 0 Å². The van der Waals surface area contributed by atoms with Crippen molar-refractivity contribution in [3.63, 3.8) is 0 Å². The van der Waals surface area contributed by atoms with Crippen molar-refractivity contribution in [3.8, 4) is 12.1 Å². The predicted octanol–water partition coefficient (Wildman–Crippen LogP) is 6.46. The van der Waals surface area contributed by atoms with E-state index in [0.29, 0.717) is 11.1 Å². The van der Waals surface area contributed by atoms with Gasteiger partial charge in [-0.25, -0.2) is 0 Å². The molecule has 0 spiro atoms. The average molecular weight is 325 g/mol. The number of nitriles is 2. The number of hydrogen-bond acceptors (Lipinski definition) is 2. The number of aryl methyl sites for hydroxylation is 1. The summed E-state index contributed by atoms with van der Waals surface area (Å²) in [5, 5.41) is 18.8. The van der Waals surface area contributed by atoms with Crippen molar-refractivity contribution in [1.82, 2.24) is 0 Å². The second-order valence-corrected chi connectivity index (χ2v) is 6.68. The van der Waals surface area contributed by atoms with Gasteiger partial charge in [0, 0.05) is 0 Å². The van der Waals surface area contributed by atoms with Gasteiger partial charge in [-0.3, -0.25) is 0 Å². The lowest BCUT2D eigenvalue weighted by molar-refractivity contribution is 0.620. The lowest BCUT2D eigenvalue weighted by Crippen LogP contribution is -2.02. The van der Waals surface area contributed by atoms with Crippen LogP contribution in [0.4, 0.5) is 0 Å². The van der Waals surface area contributed by atoms with Crippen molar-refractivity contribution in [2.24, 2.45) is 0 Å². The van der Waals surface area contributed by atoms with Crippen molar-refractivity contribution in [1.29, 1.82) is 10.5 Å². The Balaban J connectivity index is 2.77. The molecule has 130 valence electrons. The molecule has 0 saturated carbocycles. The molecule has 0 aromatic heterocycles. The van der Waals surface area contributed by atoms with E-state index in [1.807, 2.05) is 6.07 Å². The fraction of sp³-hybridized carbons (Fsp3) is 0.636. The molecule has 0 saturated heterocycles. The van der Waals surface area contributed by atoms with E-state index in [-0.39, 0.29) is 0 Å². The van der Waals surface area contributed by atoms with Crippen LogP contribution >= 0.6 is 0 Å². The second kappa shape index (κ2) is 12.6. The smallest absolute Gasteiger partial charge is 0.101 e. The predicted molar refractivity (Wildman–Crippen MR) is 101 cm³/mol. The van der Waals surface area contributed by atoms with Crippen molar-refractivity contribution >= 4 is 0 Å². The summed E-state index contributed by atoms with van der Waals surface area (Å²) in [7, 11) is 0. The highest BCUT2D eigenvalue weighted by Gasteiger charge is 2.13. The van der Waals surface area contributed by atoms with Gasteiger partial charge in [-0.05, 0) is 42.9 Å². The van der Waals surface area contributed by atoms with E-state index in [2.05, 4.69) is 32.1 Å². The minimum atomic E-state index is 0.538. The van der Waals surface area contributed by atoms with Crippen LogP contribution in [0.1, 0.15) is 100 Å². The molecule has 0 heterocycles. The highest BCUT2D eigenvalue weighted by Crippen LogP contribution is 2.23. The number of nitrogens with zero attached hydrogens (tertiary/aromatic N) is 2. The molecule has 2 nitrogen and oxygen atoms in total. The Morgan fingerprint density at radius 3 is 1.83 bits per heavy atom. The van der Waals surface area contributed by atoms with Crippen LogP contribution in [-0.2, 0) is 12.8 Å². The van der Waals surface area contributed by atoms with Gasteiger partial charge in [-0.2, -0.15) is 10.5 Å². The fourth-order valence-electron chi connectivity index (χ4n) is 3.26. The van der Waals surface area contributed by atoms with Gasteiger partial charge in [-0.15, -0.1) is 0 Å². The Hall–Kier alpha value is -1.80. The van der Waals surface area contributed by atoms with Crippen LogP contribution in [0.25, 0.3) is 0 Å². The van der Waals surface area contributed by atoms with Gasteiger partial charge in [-0.1, -0.05) is 71.3 Å². The number of hydrogen-bond donors (Lipinski definition) is 0. The summed E-state index contributed by atoms with van der Waals surface area (Å²) in [6, 6.07) is 8.40. The number of unbranched alkanes of at least 4 members (excludes halogenated alkanes) is 8. The summed E-state index contributed by atoms with van der Waals surface area (Å²) in [6.45, 7) is 4.46. The van der Waals surface area contributed by atoms with E-state index in [1.165, 1.54) is 63.4 Å². The molecule has 1 aromatic carbocycles. The molecule has 0 aliphatic heterocycles. The maximum atomic E-state index is 9.54. The standard InChI is InChI=1S/C22H32N2/c1-3-5-7-9-11-13-19-15-16-20(17-23)22(18-24)21(19)14-12-10-8-6-4-2/h15-16H,3-14H2,1-2H3. The van der Waals surface area contributed by atoms with E-state index >= 15 is 0 Å². The zero-order chi connectivity index (χ0) is 17.6. The van der Waals surface area contributed by atoms with Crippen LogP contribution in [-0.4, -0.2) is 0 Å². The van der Waals surface area contributed by atoms with E-state index in [0.717, 1.165) is 24.8 Å². The normalized spacial score (nSPS) is 10.3. The van der Waals surface area contributed by atoms with Crippen LogP contribution in [0.5, 0.6) is 0 Å². The Bertz CT molecular complexity index is 561. The molecule has 0 atom stereocenters. The lowest BCUT2D eigenvalue weighted by atomic mass is 9.90. The first-order valence-electron chi connectivity index (χ1n) is 9.73. The number of rotatable bonds is 12. The first-order chi connectivity index (χ1) is 11.8. The third kappa shape index (κ3) is 6.76. The first-order valence-corrected chi connectivity index (χ1v) is 9.73. The Labute approximate surface area is 148 Å². The second-order valence-electron chi connectivity index (χ2n) is 6.68. The van der Waals surface area contributed by atoms with Gasteiger partial charge in [0.1, 0.15) is 12.1 Å². The lowest BCUT2D eigenvalue weighted by Gasteiger charge is -2.13. The van der Waals surface area contributed by atoms with Crippen LogP contribution in [0.15, 0.2) is 12.1 Å². The van der Waals surface area contributed by atoms with Gasteiger partial charge < -0.3 is 0 Å². The van der Waals surface area contributed by atoms with Crippen molar-refractivity contribution in [2.45, 2.75) is 90.9 Å². The maximum absolute atomic E-state index is 9.54. The molecule has 24 heavy (non-hydrogen) atoms. The summed E-state index contributed by atoms with van der Waals surface area (Å²) in [5.74, 6) is 0. The van der Waals surface area contributed by atoms with Crippen LogP contribution in [0.3, 0.4) is 0 Å². The largest absolute Gasteiger partial charge is 0.192 e. The molecule has 1 aromatic rings. The van der Waals surface area contributed by atoms with Gasteiger partial charge in [0.25, 0.3) is 0 Å². The molecule has 0 aliphatic carbocycles. The molecule has 2 heteroatoms. The molecular formula is C22H32N2. The fourth-order valence-corrected chi connectivity index (χ4v) is 3.26. The monoisotopic (exact) mass is 324 g/mol. The summed E-state index contributed by atoms with van der Waals surface area (Å²) in [6.07, 6.45) is 14.4. The molecule has 0 aliphatic rings. The van der Waals surface area contributed by atoms with E-state index in [1.54, 1.807) is 0 Å². The SMILES string of the molecule is CCCCCCCc1ccc(C#N)c(C#N)c1CCCCCCC. The maximum Gasteiger partial charge on any atom is 0.101 e. The third-order valence-corrected chi connectivity index (χ3v) is 4.72. The zero-order valence-electron chi connectivity index (χ0n) is 15.5. The first kappa shape index (κ1) is 20.2. The third-order valence-electron chi connectivity index (χ3n) is 4.72. The summed E-state index contributed by atoms with van der Waals surface area (Å²) in [4.78, 5) is 0. The van der Waals surface area contributed by atoms with Crippen molar-refractivity contribution < 1.29 is 0 Å². The molecule has 0 fully saturated rings. The van der Waals surface area contributed by atoms with Gasteiger partial charge in [0.2, 0.25) is 0 Å². The summed E-state index contributed by atoms with van der Waals surface area (Å²) in [5.41, 5.74) is 3.59. The van der Waals surface area contributed by atoms with E-state index < -0.39 is 0 Å². The van der Waals surface area contributed by atoms with Gasteiger partial charge in [0.05, 0.1) is 11.1 Å². The zero-order valence-corrected chi connectivity index (χ0v) is 15.5. The van der Waals surface area contributed by atoms with Crippen molar-refractivity contribution in [2.75, 3.05) is 0 Å². The topological polar surface area (TPSA) is 47.6 Å². The molecule has 1 rings (SSSR count).